The number of hydrogen-bond donors (Lipinski definition) is 0. The molecule has 1 atom stereocenters. The Hall–Kier alpha value is -2.00. The normalized spacial score (nSPS) is 18.2. The highest BCUT2D eigenvalue weighted by Gasteiger charge is 2.25. The first kappa shape index (κ1) is 21.8. The Bertz CT molecular complexity index is 1230. The van der Waals surface area contributed by atoms with Crippen LogP contribution >= 0.6 is 35.1 Å². The SMILES string of the molecule is O=C(CSc1nc2cc(Cl)ccc2c(=O)n1CC1CCCO1)N1CCSc2ccccc21. The topological polar surface area (TPSA) is 64.4 Å². The lowest BCUT2D eigenvalue weighted by Crippen LogP contribution is -2.37. The number of ether oxygens (including phenoxy) is 1. The van der Waals surface area contributed by atoms with Crippen LogP contribution in [-0.4, -0.2) is 46.2 Å². The number of anilines is 1. The minimum atomic E-state index is -0.128. The number of carbonyl (C=O) groups excluding carboxylic acids is 1. The van der Waals surface area contributed by atoms with Crippen LogP contribution in [0.3, 0.4) is 0 Å². The number of fused-ring (bicyclic) bond motifs is 2. The molecule has 1 aromatic heterocycles. The van der Waals surface area contributed by atoms with Crippen molar-refractivity contribution in [2.45, 2.75) is 35.5 Å². The number of carbonyl (C=O) groups is 1. The highest BCUT2D eigenvalue weighted by atomic mass is 35.5. The summed E-state index contributed by atoms with van der Waals surface area (Å²) in [6.45, 7) is 1.82. The van der Waals surface area contributed by atoms with Crippen molar-refractivity contribution in [3.63, 3.8) is 0 Å². The molecule has 2 aromatic carbocycles. The van der Waals surface area contributed by atoms with Crippen LogP contribution in [0.2, 0.25) is 5.02 Å². The Labute approximate surface area is 199 Å². The summed E-state index contributed by atoms with van der Waals surface area (Å²) in [4.78, 5) is 34.1. The third kappa shape index (κ3) is 4.41. The Morgan fingerprint density at radius 1 is 1.28 bits per heavy atom. The van der Waals surface area contributed by atoms with Crippen molar-refractivity contribution in [3.05, 3.63) is 57.8 Å². The van der Waals surface area contributed by atoms with Crippen molar-refractivity contribution in [2.24, 2.45) is 0 Å². The number of halogens is 1. The van der Waals surface area contributed by atoms with Crippen LogP contribution in [0.25, 0.3) is 10.9 Å². The molecule has 0 saturated carbocycles. The smallest absolute Gasteiger partial charge is 0.262 e. The van der Waals surface area contributed by atoms with Crippen molar-refractivity contribution in [2.75, 3.05) is 29.6 Å². The lowest BCUT2D eigenvalue weighted by molar-refractivity contribution is -0.116. The van der Waals surface area contributed by atoms with E-state index in [-0.39, 0.29) is 23.3 Å². The fourth-order valence-electron chi connectivity index (χ4n) is 4.07. The van der Waals surface area contributed by atoms with Gasteiger partial charge in [-0.25, -0.2) is 4.98 Å². The number of amides is 1. The van der Waals surface area contributed by atoms with Crippen LogP contribution in [0, 0.1) is 0 Å². The van der Waals surface area contributed by atoms with Gasteiger partial charge in [0.25, 0.3) is 5.56 Å². The predicted octanol–water partition coefficient (Wildman–Crippen LogP) is 4.46. The molecule has 0 spiro atoms. The third-order valence-electron chi connectivity index (χ3n) is 5.65. The lowest BCUT2D eigenvalue weighted by Gasteiger charge is -2.29. The molecule has 0 aliphatic carbocycles. The minimum Gasteiger partial charge on any atom is -0.376 e. The molecule has 9 heteroatoms. The van der Waals surface area contributed by atoms with Crippen LogP contribution in [0.1, 0.15) is 12.8 Å². The first-order chi connectivity index (χ1) is 15.6. The van der Waals surface area contributed by atoms with E-state index in [9.17, 15) is 9.59 Å². The monoisotopic (exact) mass is 487 g/mol. The maximum atomic E-state index is 13.3. The summed E-state index contributed by atoms with van der Waals surface area (Å²) < 4.78 is 7.42. The summed E-state index contributed by atoms with van der Waals surface area (Å²) in [5.74, 6) is 1.07. The molecule has 0 N–H and O–H groups in total. The minimum absolute atomic E-state index is 0.00635. The quantitative estimate of drug-likeness (QED) is 0.391. The van der Waals surface area contributed by atoms with Gasteiger partial charge in [-0.2, -0.15) is 0 Å². The molecule has 1 fully saturated rings. The van der Waals surface area contributed by atoms with E-state index >= 15 is 0 Å². The van der Waals surface area contributed by atoms with Crippen LogP contribution in [0.15, 0.2) is 57.3 Å². The van der Waals surface area contributed by atoms with E-state index < -0.39 is 0 Å². The first-order valence-electron chi connectivity index (χ1n) is 10.6. The summed E-state index contributed by atoms with van der Waals surface area (Å²) in [6.07, 6.45) is 1.89. The van der Waals surface area contributed by atoms with Gasteiger partial charge >= 0.3 is 0 Å². The average molecular weight is 488 g/mol. The van der Waals surface area contributed by atoms with E-state index in [0.717, 1.165) is 29.2 Å². The second-order valence-corrected chi connectivity index (χ2v) is 10.3. The molecule has 0 bridgehead atoms. The zero-order valence-corrected chi connectivity index (χ0v) is 19.7. The van der Waals surface area contributed by atoms with Crippen LogP contribution in [-0.2, 0) is 16.1 Å². The van der Waals surface area contributed by atoms with Gasteiger partial charge in [-0.1, -0.05) is 35.5 Å². The molecule has 5 rings (SSSR count). The molecular weight excluding hydrogens is 466 g/mol. The van der Waals surface area contributed by atoms with Gasteiger partial charge in [0.05, 0.1) is 35.0 Å². The number of aromatic nitrogens is 2. The van der Waals surface area contributed by atoms with Crippen molar-refractivity contribution < 1.29 is 9.53 Å². The molecule has 6 nitrogen and oxygen atoms in total. The molecule has 3 aromatic rings. The van der Waals surface area contributed by atoms with Crippen molar-refractivity contribution in [3.8, 4) is 0 Å². The van der Waals surface area contributed by atoms with Gasteiger partial charge in [0.2, 0.25) is 5.91 Å². The van der Waals surface area contributed by atoms with Gasteiger partial charge in [-0.05, 0) is 43.2 Å². The molecule has 32 heavy (non-hydrogen) atoms. The number of nitrogens with zero attached hydrogens (tertiary/aromatic N) is 3. The summed E-state index contributed by atoms with van der Waals surface area (Å²) in [6, 6.07) is 13.1. The molecule has 3 heterocycles. The molecule has 0 radical (unpaired) electrons. The molecule has 2 aliphatic rings. The van der Waals surface area contributed by atoms with E-state index in [0.29, 0.717) is 40.8 Å². The maximum Gasteiger partial charge on any atom is 0.262 e. The molecule has 2 aliphatic heterocycles. The molecule has 1 amide bonds. The summed E-state index contributed by atoms with van der Waals surface area (Å²) >= 11 is 9.20. The Morgan fingerprint density at radius 2 is 2.16 bits per heavy atom. The molecule has 1 saturated heterocycles. The highest BCUT2D eigenvalue weighted by molar-refractivity contribution is 8.00. The van der Waals surface area contributed by atoms with Crippen LogP contribution < -0.4 is 10.5 Å². The Balaban J connectivity index is 1.44. The number of rotatable bonds is 5. The van der Waals surface area contributed by atoms with Crippen molar-refractivity contribution in [1.82, 2.24) is 9.55 Å². The van der Waals surface area contributed by atoms with Gasteiger partial charge in [0.1, 0.15) is 0 Å². The second-order valence-electron chi connectivity index (χ2n) is 7.76. The summed E-state index contributed by atoms with van der Waals surface area (Å²) in [5.41, 5.74) is 1.36. The second kappa shape index (κ2) is 9.47. The molecule has 1 unspecified atom stereocenters. The van der Waals surface area contributed by atoms with E-state index in [1.807, 2.05) is 29.2 Å². The van der Waals surface area contributed by atoms with E-state index in [1.165, 1.54) is 11.8 Å². The van der Waals surface area contributed by atoms with E-state index in [4.69, 9.17) is 21.3 Å². The Morgan fingerprint density at radius 3 is 3.00 bits per heavy atom. The fourth-order valence-corrected chi connectivity index (χ4v) is 6.12. The Kier molecular flexibility index (Phi) is 6.46. The van der Waals surface area contributed by atoms with Crippen molar-refractivity contribution in [1.29, 1.82) is 0 Å². The largest absolute Gasteiger partial charge is 0.376 e. The number of hydrogen-bond acceptors (Lipinski definition) is 6. The lowest BCUT2D eigenvalue weighted by atomic mass is 10.2. The van der Waals surface area contributed by atoms with E-state index in [2.05, 4.69) is 0 Å². The third-order valence-corrected chi connectivity index (χ3v) is 7.89. The zero-order valence-electron chi connectivity index (χ0n) is 17.3. The molecular formula is C23H22ClN3O3S2. The van der Waals surface area contributed by atoms with E-state index in [1.54, 1.807) is 34.5 Å². The number of benzene rings is 2. The maximum absolute atomic E-state index is 13.3. The first-order valence-corrected chi connectivity index (χ1v) is 12.9. The van der Waals surface area contributed by atoms with Crippen molar-refractivity contribution >= 4 is 57.6 Å². The van der Waals surface area contributed by atoms with Gasteiger partial charge in [0, 0.05) is 28.8 Å². The fraction of sp³-hybridized carbons (Fsp3) is 0.348. The highest BCUT2D eigenvalue weighted by Crippen LogP contribution is 2.35. The van der Waals surface area contributed by atoms with Gasteiger partial charge in [-0.3, -0.25) is 14.2 Å². The average Bonchev–Trinajstić information content (AvgIpc) is 3.32. The zero-order chi connectivity index (χ0) is 22.1. The summed E-state index contributed by atoms with van der Waals surface area (Å²) in [5, 5.41) is 1.56. The van der Waals surface area contributed by atoms with Gasteiger partial charge < -0.3 is 9.64 Å². The molecule has 166 valence electrons. The van der Waals surface area contributed by atoms with Crippen LogP contribution in [0.4, 0.5) is 5.69 Å². The number of para-hydroxylation sites is 1. The van der Waals surface area contributed by atoms with Crippen LogP contribution in [0.5, 0.6) is 0 Å². The van der Waals surface area contributed by atoms with Gasteiger partial charge in [-0.15, -0.1) is 11.8 Å². The standard InChI is InChI=1S/C23H22ClN3O3S2/c24-15-7-8-17-18(12-15)25-23(27(22(17)29)13-16-4-3-10-30-16)32-14-21(28)26-9-11-31-20-6-2-1-5-19(20)26/h1-2,5-8,12,16H,3-4,9-11,13-14H2. The number of thioether (sulfide) groups is 2. The predicted molar refractivity (Wildman–Crippen MR) is 130 cm³/mol. The van der Waals surface area contributed by atoms with Gasteiger partial charge in [0.15, 0.2) is 5.16 Å². The summed E-state index contributed by atoms with van der Waals surface area (Å²) in [7, 11) is 0.